The van der Waals surface area contributed by atoms with Crippen LogP contribution in [0.3, 0.4) is 0 Å². The second-order valence-electron chi connectivity index (χ2n) is 8.75. The highest BCUT2D eigenvalue weighted by Crippen LogP contribution is 2.28. The topological polar surface area (TPSA) is 30.5 Å². The van der Waals surface area contributed by atoms with Crippen LogP contribution in [0.5, 0.6) is 0 Å². The van der Waals surface area contributed by atoms with Gasteiger partial charge >= 0.3 is 0 Å². The van der Waals surface area contributed by atoms with Gasteiger partial charge in [-0.15, -0.1) is 11.3 Å². The van der Waals surface area contributed by atoms with Crippen LogP contribution in [0.25, 0.3) is 0 Å². The highest BCUT2D eigenvalue weighted by molar-refractivity contribution is 7.80. The molecule has 1 fully saturated rings. The van der Waals surface area contributed by atoms with E-state index in [2.05, 4.69) is 79.7 Å². The number of nitrogens with zero attached hydrogens (tertiary/aromatic N) is 2. The van der Waals surface area contributed by atoms with E-state index < -0.39 is 0 Å². The summed E-state index contributed by atoms with van der Waals surface area (Å²) in [5.74, 6) is 0. The molecule has 2 N–H and O–H groups in total. The zero-order valence-corrected chi connectivity index (χ0v) is 18.2. The van der Waals surface area contributed by atoms with Crippen LogP contribution in [0.1, 0.15) is 45.4 Å². The zero-order chi connectivity index (χ0) is 18.7. The van der Waals surface area contributed by atoms with Crippen molar-refractivity contribution >= 4 is 28.7 Å². The van der Waals surface area contributed by atoms with Gasteiger partial charge < -0.3 is 20.4 Å². The first-order valence-electron chi connectivity index (χ1n) is 9.08. The first-order valence-corrected chi connectivity index (χ1v) is 10.4. The SMILES string of the molecule is CN(C)CCN(Cc1cccs1)C(=S)NC1CC(C)(C)NC(C)(C)C1. The van der Waals surface area contributed by atoms with E-state index in [1.54, 1.807) is 11.3 Å². The van der Waals surface area contributed by atoms with Gasteiger partial charge in [0, 0.05) is 35.1 Å². The number of hydrogen-bond acceptors (Lipinski definition) is 4. The monoisotopic (exact) mass is 382 g/mol. The second kappa shape index (κ2) is 8.33. The molecule has 0 spiro atoms. The van der Waals surface area contributed by atoms with E-state index in [4.69, 9.17) is 12.2 Å². The molecule has 0 aliphatic carbocycles. The van der Waals surface area contributed by atoms with Crippen molar-refractivity contribution in [1.29, 1.82) is 0 Å². The third-order valence-electron chi connectivity index (χ3n) is 4.55. The Morgan fingerprint density at radius 1 is 1.24 bits per heavy atom. The van der Waals surface area contributed by atoms with Crippen molar-refractivity contribution in [3.63, 3.8) is 0 Å². The number of piperidine rings is 1. The van der Waals surface area contributed by atoms with Crippen molar-refractivity contribution in [2.24, 2.45) is 0 Å². The van der Waals surface area contributed by atoms with E-state index in [1.807, 2.05) is 0 Å². The number of rotatable bonds is 6. The molecule has 0 atom stereocenters. The average molecular weight is 383 g/mol. The lowest BCUT2D eigenvalue weighted by atomic mass is 9.80. The van der Waals surface area contributed by atoms with E-state index in [0.29, 0.717) is 6.04 Å². The minimum absolute atomic E-state index is 0.122. The average Bonchev–Trinajstić information content (AvgIpc) is 2.92. The molecule has 1 aromatic rings. The smallest absolute Gasteiger partial charge is 0.169 e. The highest BCUT2D eigenvalue weighted by Gasteiger charge is 2.38. The Morgan fingerprint density at radius 3 is 2.40 bits per heavy atom. The molecule has 0 unspecified atom stereocenters. The van der Waals surface area contributed by atoms with E-state index in [0.717, 1.165) is 37.6 Å². The number of hydrogen-bond donors (Lipinski definition) is 2. The lowest BCUT2D eigenvalue weighted by Gasteiger charge is -2.47. The molecular weight excluding hydrogens is 348 g/mol. The zero-order valence-electron chi connectivity index (χ0n) is 16.6. The molecule has 6 heteroatoms. The van der Waals surface area contributed by atoms with Gasteiger partial charge in [-0.1, -0.05) is 6.07 Å². The van der Waals surface area contributed by atoms with Crippen LogP contribution in [0, 0.1) is 0 Å². The van der Waals surface area contributed by atoms with E-state index in [1.165, 1.54) is 4.88 Å². The Morgan fingerprint density at radius 2 is 1.88 bits per heavy atom. The van der Waals surface area contributed by atoms with Crippen molar-refractivity contribution in [2.75, 3.05) is 27.2 Å². The van der Waals surface area contributed by atoms with Gasteiger partial charge in [0.15, 0.2) is 5.11 Å². The minimum Gasteiger partial charge on any atom is -0.360 e. The first-order chi connectivity index (χ1) is 11.6. The first kappa shape index (κ1) is 20.6. The number of thiocarbonyl (C=S) groups is 1. The molecule has 25 heavy (non-hydrogen) atoms. The lowest BCUT2D eigenvalue weighted by molar-refractivity contribution is 0.153. The molecule has 1 aromatic heterocycles. The van der Waals surface area contributed by atoms with Crippen molar-refractivity contribution < 1.29 is 0 Å². The number of likely N-dealkylation sites (N-methyl/N-ethyl adjacent to an activating group) is 1. The maximum absolute atomic E-state index is 5.81. The summed E-state index contributed by atoms with van der Waals surface area (Å²) in [6.45, 7) is 11.9. The van der Waals surface area contributed by atoms with Crippen LogP contribution in [-0.4, -0.2) is 59.2 Å². The molecule has 1 aliphatic rings. The molecule has 142 valence electrons. The van der Waals surface area contributed by atoms with Crippen LogP contribution in [-0.2, 0) is 6.54 Å². The summed E-state index contributed by atoms with van der Waals surface area (Å²) in [6.07, 6.45) is 2.16. The fourth-order valence-corrected chi connectivity index (χ4v) is 4.90. The molecule has 2 heterocycles. The standard InChI is InChI=1S/C19H34N4S2/c1-18(2)12-15(13-19(3,4)21-18)20-17(24)23(10-9-22(5)6)14-16-8-7-11-25-16/h7-8,11,15,21H,9-10,12-14H2,1-6H3,(H,20,24). The summed E-state index contributed by atoms with van der Waals surface area (Å²) in [6, 6.07) is 4.70. The third-order valence-corrected chi connectivity index (χ3v) is 5.79. The van der Waals surface area contributed by atoms with Crippen molar-refractivity contribution in [3.8, 4) is 0 Å². The summed E-state index contributed by atoms with van der Waals surface area (Å²) in [5, 5.41) is 10.4. The summed E-state index contributed by atoms with van der Waals surface area (Å²) in [4.78, 5) is 5.87. The molecule has 1 aliphatic heterocycles. The Hall–Kier alpha value is -0.690. The summed E-state index contributed by atoms with van der Waals surface area (Å²) >= 11 is 7.61. The largest absolute Gasteiger partial charge is 0.360 e. The Bertz CT molecular complexity index is 536. The van der Waals surface area contributed by atoms with Gasteiger partial charge in [0.25, 0.3) is 0 Å². The Labute approximate surface area is 163 Å². The molecular formula is C19H34N4S2. The molecule has 0 radical (unpaired) electrons. The minimum atomic E-state index is 0.122. The maximum atomic E-state index is 5.81. The Balaban J connectivity index is 2.02. The molecule has 0 saturated carbocycles. The van der Waals surface area contributed by atoms with Gasteiger partial charge in [-0.2, -0.15) is 0 Å². The Kier molecular flexibility index (Phi) is 6.87. The molecule has 0 amide bonds. The summed E-state index contributed by atoms with van der Waals surface area (Å²) in [7, 11) is 4.22. The van der Waals surface area contributed by atoms with Gasteiger partial charge in [-0.25, -0.2) is 0 Å². The normalized spacial score (nSPS) is 19.8. The fourth-order valence-electron chi connectivity index (χ4n) is 3.85. The molecule has 0 bridgehead atoms. The van der Waals surface area contributed by atoms with Crippen molar-refractivity contribution in [1.82, 2.24) is 20.4 Å². The molecule has 2 rings (SSSR count). The quantitative estimate of drug-likeness (QED) is 0.737. The van der Waals surface area contributed by atoms with Crippen molar-refractivity contribution in [2.45, 2.75) is 64.2 Å². The summed E-state index contributed by atoms with van der Waals surface area (Å²) < 4.78 is 0. The maximum Gasteiger partial charge on any atom is 0.169 e. The third kappa shape index (κ3) is 6.85. The number of nitrogens with one attached hydrogen (secondary N) is 2. The van der Waals surface area contributed by atoms with Gasteiger partial charge in [0.1, 0.15) is 0 Å². The van der Waals surface area contributed by atoms with Crippen LogP contribution in [0.2, 0.25) is 0 Å². The number of thiophene rings is 1. The lowest BCUT2D eigenvalue weighted by Crippen LogP contribution is -2.63. The van der Waals surface area contributed by atoms with Gasteiger partial charge in [-0.05, 0) is 78.3 Å². The van der Waals surface area contributed by atoms with E-state index >= 15 is 0 Å². The van der Waals surface area contributed by atoms with Gasteiger partial charge in [-0.3, -0.25) is 0 Å². The fraction of sp³-hybridized carbons (Fsp3) is 0.737. The van der Waals surface area contributed by atoms with Crippen LogP contribution in [0.15, 0.2) is 17.5 Å². The van der Waals surface area contributed by atoms with Crippen LogP contribution >= 0.6 is 23.6 Å². The molecule has 4 nitrogen and oxygen atoms in total. The molecule has 1 saturated heterocycles. The van der Waals surface area contributed by atoms with Crippen molar-refractivity contribution in [3.05, 3.63) is 22.4 Å². The second-order valence-corrected chi connectivity index (χ2v) is 10.2. The van der Waals surface area contributed by atoms with Crippen LogP contribution in [0.4, 0.5) is 0 Å². The van der Waals surface area contributed by atoms with Gasteiger partial charge in [0.2, 0.25) is 0 Å². The predicted octanol–water partition coefficient (Wildman–Crippen LogP) is 3.30. The van der Waals surface area contributed by atoms with Gasteiger partial charge in [0.05, 0.1) is 6.54 Å². The molecule has 0 aromatic carbocycles. The van der Waals surface area contributed by atoms with E-state index in [-0.39, 0.29) is 11.1 Å². The summed E-state index contributed by atoms with van der Waals surface area (Å²) in [5.41, 5.74) is 0.245. The van der Waals surface area contributed by atoms with Crippen LogP contribution < -0.4 is 10.6 Å². The highest BCUT2D eigenvalue weighted by atomic mass is 32.1. The van der Waals surface area contributed by atoms with E-state index in [9.17, 15) is 0 Å². The predicted molar refractivity (Wildman–Crippen MR) is 113 cm³/mol.